The van der Waals surface area contributed by atoms with Gasteiger partial charge >= 0.3 is 0 Å². The normalized spacial score (nSPS) is 30.8. The molecule has 2 aromatic carbocycles. The number of rotatable bonds is 4. The number of fused-ring (bicyclic) bond motifs is 1. The van der Waals surface area contributed by atoms with Crippen molar-refractivity contribution in [1.82, 2.24) is 9.55 Å². The molecule has 3 aliphatic carbocycles. The predicted octanol–water partition coefficient (Wildman–Crippen LogP) is 5.55. The maximum absolute atomic E-state index is 14.1. The van der Waals surface area contributed by atoms with E-state index in [1.807, 2.05) is 0 Å². The van der Waals surface area contributed by atoms with Crippen LogP contribution in [-0.2, 0) is 7.05 Å². The largest absolute Gasteiger partial charge is 0.378 e. The average molecular weight is 566 g/mol. The van der Waals surface area contributed by atoms with Crippen LogP contribution in [0.2, 0.25) is 5.02 Å². The number of amides is 1. The molecule has 208 valence electrons. The maximum Gasteiger partial charge on any atom is 0.274 e. The van der Waals surface area contributed by atoms with Crippen LogP contribution in [0.15, 0.2) is 48.8 Å². The molecule has 3 saturated carbocycles. The second-order valence-electron chi connectivity index (χ2n) is 11.7. The Bertz CT molecular complexity index is 1520. The molecule has 1 amide bonds. The summed E-state index contributed by atoms with van der Waals surface area (Å²) in [4.78, 5) is 17.7. The van der Waals surface area contributed by atoms with Crippen LogP contribution in [0, 0.1) is 35.3 Å². The van der Waals surface area contributed by atoms with E-state index < -0.39 is 17.0 Å². The van der Waals surface area contributed by atoms with Gasteiger partial charge < -0.3 is 20.1 Å². The van der Waals surface area contributed by atoms with Crippen molar-refractivity contribution in [1.29, 1.82) is 0 Å². The van der Waals surface area contributed by atoms with Crippen LogP contribution in [0.3, 0.4) is 0 Å². The molecule has 0 saturated heterocycles. The number of aryl methyl sites for hydroxylation is 1. The Kier molecular flexibility index (Phi) is 6.73. The average Bonchev–Trinajstić information content (AvgIpc) is 3.55. The molecule has 1 heterocycles. The molecule has 2 unspecified atom stereocenters. The highest BCUT2D eigenvalue weighted by atomic mass is 35.5. The van der Waals surface area contributed by atoms with Gasteiger partial charge in [-0.15, -0.1) is 0 Å². The molecular weight excluding hydrogens is 536 g/mol. The number of anilines is 1. The minimum atomic E-state index is -1.21. The van der Waals surface area contributed by atoms with Gasteiger partial charge in [0.05, 0.1) is 17.0 Å². The molecule has 2 atom stereocenters. The molecule has 0 aliphatic heterocycles. The van der Waals surface area contributed by atoms with Crippen LogP contribution in [0.25, 0.3) is 0 Å². The van der Waals surface area contributed by atoms with Crippen LogP contribution in [0.4, 0.5) is 14.5 Å². The van der Waals surface area contributed by atoms with E-state index in [0.29, 0.717) is 48.3 Å². The Morgan fingerprint density at radius 2 is 1.65 bits per heavy atom. The summed E-state index contributed by atoms with van der Waals surface area (Å²) >= 11 is 5.86. The van der Waals surface area contributed by atoms with Gasteiger partial charge in [0, 0.05) is 18.7 Å². The first-order valence-electron chi connectivity index (χ1n) is 13.5. The molecule has 1 aromatic heterocycles. The van der Waals surface area contributed by atoms with Crippen LogP contribution >= 0.6 is 11.6 Å². The summed E-state index contributed by atoms with van der Waals surface area (Å²) in [6.45, 7) is 0. The number of carbonyl (C=O) groups excluding carboxylic acids is 1. The zero-order valence-corrected chi connectivity index (χ0v) is 22.8. The van der Waals surface area contributed by atoms with Gasteiger partial charge in [0.2, 0.25) is 0 Å². The smallest absolute Gasteiger partial charge is 0.274 e. The van der Waals surface area contributed by atoms with Crippen molar-refractivity contribution in [3.05, 3.63) is 82.4 Å². The highest BCUT2D eigenvalue weighted by Gasteiger charge is 2.50. The Hall–Kier alpha value is -3.25. The molecule has 40 heavy (non-hydrogen) atoms. The number of hydrogen-bond donors (Lipinski definition) is 3. The van der Waals surface area contributed by atoms with Crippen molar-refractivity contribution in [2.24, 2.45) is 18.9 Å². The molecule has 0 bridgehead atoms. The molecule has 3 aliphatic rings. The van der Waals surface area contributed by atoms with Gasteiger partial charge in [0.25, 0.3) is 5.91 Å². The first kappa shape index (κ1) is 26.9. The Balaban J connectivity index is 1.10. The number of aromatic nitrogens is 2. The maximum atomic E-state index is 14.1. The van der Waals surface area contributed by atoms with Crippen LogP contribution in [0.1, 0.15) is 72.1 Å². The quantitative estimate of drug-likeness (QED) is 0.362. The third-order valence-electron chi connectivity index (χ3n) is 8.83. The van der Waals surface area contributed by atoms with Crippen molar-refractivity contribution in [3.8, 4) is 11.8 Å². The van der Waals surface area contributed by atoms with Crippen LogP contribution in [0.5, 0.6) is 0 Å². The lowest BCUT2D eigenvalue weighted by atomic mass is 9.68. The molecule has 0 radical (unpaired) electrons. The summed E-state index contributed by atoms with van der Waals surface area (Å²) in [7, 11) is 1.76. The molecular formula is C31H30ClF2N3O3. The Labute approximate surface area is 236 Å². The fourth-order valence-corrected chi connectivity index (χ4v) is 7.07. The van der Waals surface area contributed by atoms with E-state index in [2.05, 4.69) is 22.1 Å². The predicted molar refractivity (Wildman–Crippen MR) is 147 cm³/mol. The number of nitrogens with one attached hydrogen (secondary N) is 1. The number of nitrogens with zero attached hydrogens (tertiary/aromatic N) is 2. The SMILES string of the molecule is Cn1cnc(C2CC3CC(O)(C#CC4(O)CC(c5ccccc5F)C4)CC3C2)c1C(=O)Nc1ccc(F)c(Cl)c1. The standard InChI is InChI=1S/C31H30ClF2N3O3/c1-37-17-35-27(28(37)29(38)36-22-6-7-26(34)24(32)12-22)18-10-19-13-30(39,14-20(19)11-18)8-9-31(40)15-21(16-31)23-4-2-3-5-25(23)33/h2-7,12,17-21,39-40H,10-11,13-16H2,1H3,(H,36,38). The lowest BCUT2D eigenvalue weighted by Crippen LogP contribution is -2.42. The molecule has 3 aromatic rings. The second-order valence-corrected chi connectivity index (χ2v) is 12.1. The molecule has 6 nitrogen and oxygen atoms in total. The second kappa shape index (κ2) is 9.99. The highest BCUT2D eigenvalue weighted by Crippen LogP contribution is 2.54. The number of benzene rings is 2. The van der Waals surface area contributed by atoms with Gasteiger partial charge in [-0.1, -0.05) is 41.6 Å². The molecule has 3 fully saturated rings. The summed E-state index contributed by atoms with van der Waals surface area (Å²) in [6, 6.07) is 10.6. The number of hydrogen-bond acceptors (Lipinski definition) is 4. The van der Waals surface area contributed by atoms with Crippen molar-refractivity contribution in [3.63, 3.8) is 0 Å². The number of halogens is 3. The van der Waals surface area contributed by atoms with E-state index in [0.717, 1.165) is 12.8 Å². The molecule has 6 rings (SSSR count). The van der Waals surface area contributed by atoms with Gasteiger partial charge in [-0.25, -0.2) is 13.8 Å². The van der Waals surface area contributed by atoms with E-state index in [4.69, 9.17) is 11.6 Å². The van der Waals surface area contributed by atoms with Crippen molar-refractivity contribution in [2.75, 3.05) is 5.32 Å². The van der Waals surface area contributed by atoms with E-state index in [9.17, 15) is 23.8 Å². The van der Waals surface area contributed by atoms with Crippen molar-refractivity contribution >= 4 is 23.2 Å². The third-order valence-corrected chi connectivity index (χ3v) is 9.12. The number of imidazole rings is 1. The van der Waals surface area contributed by atoms with Crippen molar-refractivity contribution < 1.29 is 23.8 Å². The lowest BCUT2D eigenvalue weighted by Gasteiger charge is -2.40. The van der Waals surface area contributed by atoms with E-state index in [1.165, 1.54) is 24.3 Å². The van der Waals surface area contributed by atoms with Crippen molar-refractivity contribution in [2.45, 2.75) is 61.6 Å². The van der Waals surface area contributed by atoms with Crippen LogP contribution in [-0.4, -0.2) is 36.9 Å². The summed E-state index contributed by atoms with van der Waals surface area (Å²) in [5.41, 5.74) is -0.251. The van der Waals surface area contributed by atoms with Gasteiger partial charge in [0.15, 0.2) is 0 Å². The Morgan fingerprint density at radius 3 is 2.30 bits per heavy atom. The van der Waals surface area contributed by atoms with Gasteiger partial charge in [-0.3, -0.25) is 4.79 Å². The molecule has 0 spiro atoms. The monoisotopic (exact) mass is 565 g/mol. The minimum Gasteiger partial charge on any atom is -0.378 e. The van der Waals surface area contributed by atoms with Gasteiger partial charge in [-0.2, -0.15) is 0 Å². The van der Waals surface area contributed by atoms with E-state index in [1.54, 1.807) is 36.1 Å². The fraction of sp³-hybridized carbons (Fsp3) is 0.419. The van der Waals surface area contributed by atoms with Gasteiger partial charge in [-0.05, 0) is 86.1 Å². The summed E-state index contributed by atoms with van der Waals surface area (Å²) < 4.78 is 29.3. The molecule has 3 N–H and O–H groups in total. The zero-order chi connectivity index (χ0) is 28.2. The lowest BCUT2D eigenvalue weighted by molar-refractivity contribution is 0.00378. The Morgan fingerprint density at radius 1 is 1.00 bits per heavy atom. The molecule has 9 heteroatoms. The van der Waals surface area contributed by atoms with Crippen LogP contribution < -0.4 is 5.32 Å². The van der Waals surface area contributed by atoms with E-state index in [-0.39, 0.29) is 40.4 Å². The summed E-state index contributed by atoms with van der Waals surface area (Å²) in [5, 5.41) is 24.8. The first-order valence-corrected chi connectivity index (χ1v) is 13.9. The van der Waals surface area contributed by atoms with E-state index >= 15 is 0 Å². The number of aliphatic hydroxyl groups is 2. The third kappa shape index (κ3) is 5.03. The minimum absolute atomic E-state index is 0.0589. The fourth-order valence-electron chi connectivity index (χ4n) is 6.89. The summed E-state index contributed by atoms with van der Waals surface area (Å²) in [5.74, 6) is 5.15. The zero-order valence-electron chi connectivity index (χ0n) is 22.0. The van der Waals surface area contributed by atoms with Gasteiger partial charge in [0.1, 0.15) is 28.5 Å². The topological polar surface area (TPSA) is 87.4 Å². The number of carbonyl (C=O) groups is 1. The summed E-state index contributed by atoms with van der Waals surface area (Å²) in [6.07, 6.45) is 4.85. The highest BCUT2D eigenvalue weighted by molar-refractivity contribution is 6.31. The first-order chi connectivity index (χ1) is 19.0.